The SMILES string of the molecule is COc1ccc(C(=O)NCCc2nnc3ccc(SCc4ccc(C)cc4)nn23)cc1. The van der Waals surface area contributed by atoms with Gasteiger partial charge in [0.25, 0.3) is 5.91 Å². The van der Waals surface area contributed by atoms with Crippen LogP contribution in [0, 0.1) is 6.92 Å². The molecular weight excluding hydrogens is 410 g/mol. The van der Waals surface area contributed by atoms with E-state index < -0.39 is 0 Å². The van der Waals surface area contributed by atoms with Crippen molar-refractivity contribution in [2.75, 3.05) is 13.7 Å². The third kappa shape index (κ3) is 5.21. The van der Waals surface area contributed by atoms with E-state index in [1.807, 2.05) is 12.1 Å². The Kier molecular flexibility index (Phi) is 6.47. The summed E-state index contributed by atoms with van der Waals surface area (Å²) in [5.41, 5.74) is 3.78. The number of nitrogens with zero attached hydrogens (tertiary/aromatic N) is 4. The molecule has 0 spiro atoms. The molecular formula is C23H23N5O2S. The number of methoxy groups -OCH3 is 1. The third-order valence-electron chi connectivity index (χ3n) is 4.80. The summed E-state index contributed by atoms with van der Waals surface area (Å²) in [6.07, 6.45) is 0.530. The number of hydrogen-bond donors (Lipinski definition) is 1. The number of carbonyl (C=O) groups is 1. The van der Waals surface area contributed by atoms with Crippen LogP contribution in [-0.2, 0) is 12.2 Å². The lowest BCUT2D eigenvalue weighted by molar-refractivity contribution is 0.0954. The van der Waals surface area contributed by atoms with Crippen molar-refractivity contribution in [1.29, 1.82) is 0 Å². The molecule has 0 fully saturated rings. The van der Waals surface area contributed by atoms with Gasteiger partial charge in [0.2, 0.25) is 0 Å². The first-order valence-electron chi connectivity index (χ1n) is 9.94. The van der Waals surface area contributed by atoms with Gasteiger partial charge in [-0.3, -0.25) is 4.79 Å². The maximum absolute atomic E-state index is 12.3. The summed E-state index contributed by atoms with van der Waals surface area (Å²) in [6.45, 7) is 2.52. The normalized spacial score (nSPS) is 10.9. The second kappa shape index (κ2) is 9.61. The van der Waals surface area contributed by atoms with Crippen molar-refractivity contribution in [1.82, 2.24) is 25.1 Å². The Morgan fingerprint density at radius 1 is 1.03 bits per heavy atom. The summed E-state index contributed by atoms with van der Waals surface area (Å²) in [7, 11) is 1.60. The molecule has 0 saturated carbocycles. The van der Waals surface area contributed by atoms with E-state index >= 15 is 0 Å². The number of thioether (sulfide) groups is 1. The first-order chi connectivity index (χ1) is 15.1. The van der Waals surface area contributed by atoms with Crippen molar-refractivity contribution in [2.24, 2.45) is 0 Å². The number of hydrogen-bond acceptors (Lipinski definition) is 6. The lowest BCUT2D eigenvalue weighted by atomic mass is 10.2. The zero-order chi connectivity index (χ0) is 21.6. The van der Waals surface area contributed by atoms with Crippen LogP contribution in [0.5, 0.6) is 5.75 Å². The van der Waals surface area contributed by atoms with E-state index in [0.717, 1.165) is 10.8 Å². The monoisotopic (exact) mass is 433 g/mol. The van der Waals surface area contributed by atoms with E-state index in [2.05, 4.69) is 51.8 Å². The van der Waals surface area contributed by atoms with Gasteiger partial charge in [-0.25, -0.2) is 0 Å². The highest BCUT2D eigenvalue weighted by Crippen LogP contribution is 2.21. The average Bonchev–Trinajstić information content (AvgIpc) is 3.21. The summed E-state index contributed by atoms with van der Waals surface area (Å²) >= 11 is 1.67. The molecule has 31 heavy (non-hydrogen) atoms. The molecule has 8 heteroatoms. The van der Waals surface area contributed by atoms with Crippen molar-refractivity contribution >= 4 is 23.3 Å². The van der Waals surface area contributed by atoms with Crippen LogP contribution in [0.3, 0.4) is 0 Å². The maximum atomic E-state index is 12.3. The standard InChI is InChI=1S/C23H23N5O2S/c1-16-3-5-17(6-4-16)15-31-22-12-11-20-25-26-21(28(20)27-22)13-14-24-23(29)18-7-9-19(30-2)10-8-18/h3-12H,13-15H2,1-2H3,(H,24,29). The molecule has 4 rings (SSSR count). The summed E-state index contributed by atoms with van der Waals surface area (Å²) in [4.78, 5) is 12.3. The van der Waals surface area contributed by atoms with E-state index in [1.165, 1.54) is 11.1 Å². The second-order valence-electron chi connectivity index (χ2n) is 7.07. The van der Waals surface area contributed by atoms with Gasteiger partial charge >= 0.3 is 0 Å². The Labute approximate surface area is 184 Å². The zero-order valence-corrected chi connectivity index (χ0v) is 18.2. The van der Waals surface area contributed by atoms with Gasteiger partial charge in [-0.2, -0.15) is 9.61 Å². The number of nitrogens with one attached hydrogen (secondary N) is 1. The molecule has 2 heterocycles. The van der Waals surface area contributed by atoms with Gasteiger partial charge in [0, 0.05) is 24.3 Å². The molecule has 0 saturated heterocycles. The molecule has 0 bridgehead atoms. The average molecular weight is 434 g/mol. The third-order valence-corrected chi connectivity index (χ3v) is 5.79. The highest BCUT2D eigenvalue weighted by atomic mass is 32.2. The molecule has 2 aromatic carbocycles. The summed E-state index contributed by atoms with van der Waals surface area (Å²) in [6, 6.07) is 19.4. The Balaban J connectivity index is 1.36. The summed E-state index contributed by atoms with van der Waals surface area (Å²) in [5.74, 6) is 2.13. The number of amides is 1. The molecule has 0 aliphatic rings. The smallest absolute Gasteiger partial charge is 0.251 e. The summed E-state index contributed by atoms with van der Waals surface area (Å²) < 4.78 is 6.87. The van der Waals surface area contributed by atoms with Gasteiger partial charge in [0.05, 0.1) is 7.11 Å². The van der Waals surface area contributed by atoms with Gasteiger partial charge in [-0.1, -0.05) is 41.6 Å². The van der Waals surface area contributed by atoms with Gasteiger partial charge in [-0.05, 0) is 48.9 Å². The minimum atomic E-state index is -0.140. The van der Waals surface area contributed by atoms with Gasteiger partial charge in [0.1, 0.15) is 10.8 Å². The van der Waals surface area contributed by atoms with Crippen LogP contribution in [0.2, 0.25) is 0 Å². The highest BCUT2D eigenvalue weighted by molar-refractivity contribution is 7.98. The number of ether oxygens (including phenoxy) is 1. The lowest BCUT2D eigenvalue weighted by Gasteiger charge is -2.06. The first kappa shape index (κ1) is 20.9. The van der Waals surface area contributed by atoms with Crippen LogP contribution in [0.4, 0.5) is 0 Å². The van der Waals surface area contributed by atoms with E-state index in [9.17, 15) is 4.79 Å². The molecule has 0 atom stereocenters. The number of fused-ring (bicyclic) bond motifs is 1. The Bertz CT molecular complexity index is 1170. The molecule has 0 aliphatic heterocycles. The van der Waals surface area contributed by atoms with E-state index in [1.54, 1.807) is 47.7 Å². The molecule has 1 amide bonds. The molecule has 0 unspecified atom stereocenters. The number of benzene rings is 2. The van der Waals surface area contributed by atoms with Crippen molar-refractivity contribution in [3.05, 3.63) is 83.2 Å². The maximum Gasteiger partial charge on any atom is 0.251 e. The number of aromatic nitrogens is 4. The van der Waals surface area contributed by atoms with Crippen molar-refractivity contribution in [3.63, 3.8) is 0 Å². The predicted octanol–water partition coefficient (Wildman–Crippen LogP) is 3.71. The number of carbonyl (C=O) groups excluding carboxylic acids is 1. The van der Waals surface area contributed by atoms with Gasteiger partial charge in [-0.15, -0.1) is 10.2 Å². The van der Waals surface area contributed by atoms with Crippen LogP contribution >= 0.6 is 11.8 Å². The fraction of sp³-hybridized carbons (Fsp3) is 0.217. The van der Waals surface area contributed by atoms with Crippen LogP contribution in [0.1, 0.15) is 27.3 Å². The van der Waals surface area contributed by atoms with Gasteiger partial charge < -0.3 is 10.1 Å². The van der Waals surface area contributed by atoms with E-state index in [0.29, 0.717) is 35.8 Å². The van der Waals surface area contributed by atoms with Crippen LogP contribution < -0.4 is 10.1 Å². The van der Waals surface area contributed by atoms with Crippen molar-refractivity contribution < 1.29 is 9.53 Å². The first-order valence-corrected chi connectivity index (χ1v) is 10.9. The fourth-order valence-electron chi connectivity index (χ4n) is 3.02. The molecule has 2 aromatic heterocycles. The highest BCUT2D eigenvalue weighted by Gasteiger charge is 2.10. The van der Waals surface area contributed by atoms with Crippen LogP contribution in [0.25, 0.3) is 5.65 Å². The lowest BCUT2D eigenvalue weighted by Crippen LogP contribution is -2.26. The summed E-state index contributed by atoms with van der Waals surface area (Å²) in [5, 5.41) is 16.9. The molecule has 0 radical (unpaired) electrons. The fourth-order valence-corrected chi connectivity index (χ4v) is 3.83. The van der Waals surface area contributed by atoms with Gasteiger partial charge in [0.15, 0.2) is 11.5 Å². The van der Waals surface area contributed by atoms with E-state index in [4.69, 9.17) is 4.74 Å². The molecule has 7 nitrogen and oxygen atoms in total. The van der Waals surface area contributed by atoms with Crippen molar-refractivity contribution in [2.45, 2.75) is 24.1 Å². The topological polar surface area (TPSA) is 81.4 Å². The van der Waals surface area contributed by atoms with E-state index in [-0.39, 0.29) is 5.91 Å². The minimum Gasteiger partial charge on any atom is -0.497 e. The largest absolute Gasteiger partial charge is 0.497 e. The quantitative estimate of drug-likeness (QED) is 0.427. The molecule has 158 valence electrons. The van der Waals surface area contributed by atoms with Crippen molar-refractivity contribution in [3.8, 4) is 5.75 Å². The minimum absolute atomic E-state index is 0.140. The number of rotatable bonds is 8. The molecule has 1 N–H and O–H groups in total. The molecule has 4 aromatic rings. The van der Waals surface area contributed by atoms with Crippen LogP contribution in [-0.4, -0.2) is 39.4 Å². The Morgan fingerprint density at radius 3 is 2.55 bits per heavy atom. The molecule has 0 aliphatic carbocycles. The number of aryl methyl sites for hydroxylation is 1. The van der Waals surface area contributed by atoms with Crippen LogP contribution in [0.15, 0.2) is 65.7 Å². The second-order valence-corrected chi connectivity index (χ2v) is 8.06. The Morgan fingerprint density at radius 2 is 1.81 bits per heavy atom. The Hall–Kier alpha value is -3.39. The zero-order valence-electron chi connectivity index (χ0n) is 17.4. The predicted molar refractivity (Wildman–Crippen MR) is 121 cm³/mol.